The van der Waals surface area contributed by atoms with Crippen LogP contribution in [0.5, 0.6) is 11.5 Å². The first-order valence-corrected chi connectivity index (χ1v) is 8.79. The topological polar surface area (TPSA) is 76.7 Å². The van der Waals surface area contributed by atoms with Crippen LogP contribution in [0.1, 0.15) is 15.9 Å². The molecule has 2 N–H and O–H groups in total. The van der Waals surface area contributed by atoms with Gasteiger partial charge in [0.1, 0.15) is 0 Å². The third-order valence-corrected chi connectivity index (χ3v) is 4.36. The van der Waals surface area contributed by atoms with Gasteiger partial charge in [-0.2, -0.15) is 8.78 Å². The second-order valence-corrected chi connectivity index (χ2v) is 6.40. The van der Waals surface area contributed by atoms with E-state index in [1.807, 2.05) is 31.2 Å². The Morgan fingerprint density at radius 2 is 1.78 bits per heavy atom. The molecular formula is C18H18F2N2O4S. The van der Waals surface area contributed by atoms with Gasteiger partial charge >= 0.3 is 6.61 Å². The van der Waals surface area contributed by atoms with E-state index in [1.54, 1.807) is 0 Å². The number of thioether (sulfide) groups is 1. The molecule has 0 aliphatic carbocycles. The SMILES string of the molecule is COc1cc(C(=O)NNC(=O)CSc2ccc(C)cc2)ccc1OC(F)F. The van der Waals surface area contributed by atoms with E-state index < -0.39 is 18.4 Å². The lowest BCUT2D eigenvalue weighted by Gasteiger charge is -2.12. The first-order valence-electron chi connectivity index (χ1n) is 7.80. The molecule has 6 nitrogen and oxygen atoms in total. The highest BCUT2D eigenvalue weighted by Crippen LogP contribution is 2.29. The van der Waals surface area contributed by atoms with Crippen molar-refractivity contribution in [2.45, 2.75) is 18.4 Å². The number of nitrogens with one attached hydrogen (secondary N) is 2. The van der Waals surface area contributed by atoms with Gasteiger partial charge in [-0.05, 0) is 37.3 Å². The number of hydrazine groups is 1. The van der Waals surface area contributed by atoms with Crippen LogP contribution in [0.2, 0.25) is 0 Å². The number of aryl methyl sites for hydroxylation is 1. The number of alkyl halides is 2. The van der Waals surface area contributed by atoms with Gasteiger partial charge in [-0.25, -0.2) is 0 Å². The molecule has 0 fully saturated rings. The number of rotatable bonds is 7. The van der Waals surface area contributed by atoms with Crippen LogP contribution >= 0.6 is 11.8 Å². The summed E-state index contributed by atoms with van der Waals surface area (Å²) in [7, 11) is 1.26. The average Bonchev–Trinajstić information content (AvgIpc) is 2.65. The molecule has 0 heterocycles. The third-order valence-electron chi connectivity index (χ3n) is 3.35. The predicted octanol–water partition coefficient (Wildman–Crippen LogP) is 3.16. The number of methoxy groups -OCH3 is 1. The molecule has 9 heteroatoms. The number of carbonyl (C=O) groups is 2. The first-order chi connectivity index (χ1) is 12.9. The van der Waals surface area contributed by atoms with Gasteiger partial charge in [0, 0.05) is 10.5 Å². The predicted molar refractivity (Wildman–Crippen MR) is 97.1 cm³/mol. The largest absolute Gasteiger partial charge is 0.493 e. The van der Waals surface area contributed by atoms with Crippen molar-refractivity contribution >= 4 is 23.6 Å². The van der Waals surface area contributed by atoms with Gasteiger partial charge in [-0.3, -0.25) is 20.4 Å². The molecule has 0 atom stereocenters. The zero-order valence-electron chi connectivity index (χ0n) is 14.6. The van der Waals surface area contributed by atoms with Crippen molar-refractivity contribution in [3.63, 3.8) is 0 Å². The fraction of sp³-hybridized carbons (Fsp3) is 0.222. The Kier molecular flexibility index (Phi) is 7.42. The molecule has 27 heavy (non-hydrogen) atoms. The van der Waals surface area contributed by atoms with Crippen LogP contribution in [0.25, 0.3) is 0 Å². The molecular weight excluding hydrogens is 378 g/mol. The summed E-state index contributed by atoms with van der Waals surface area (Å²) in [6, 6.07) is 11.4. The molecule has 0 bridgehead atoms. The van der Waals surface area contributed by atoms with Gasteiger partial charge < -0.3 is 9.47 Å². The second kappa shape index (κ2) is 9.77. The Balaban J connectivity index is 1.87. The molecule has 2 aromatic carbocycles. The second-order valence-electron chi connectivity index (χ2n) is 5.35. The van der Waals surface area contributed by atoms with E-state index in [2.05, 4.69) is 15.6 Å². The zero-order valence-corrected chi connectivity index (χ0v) is 15.4. The van der Waals surface area contributed by atoms with E-state index in [1.165, 1.54) is 37.1 Å². The van der Waals surface area contributed by atoms with Crippen molar-refractivity contribution in [1.82, 2.24) is 10.9 Å². The summed E-state index contributed by atoms with van der Waals surface area (Å²) < 4.78 is 33.8. The molecule has 2 aromatic rings. The molecule has 0 saturated heterocycles. The van der Waals surface area contributed by atoms with E-state index in [4.69, 9.17) is 4.74 Å². The highest BCUT2D eigenvalue weighted by molar-refractivity contribution is 8.00. The molecule has 144 valence electrons. The highest BCUT2D eigenvalue weighted by Gasteiger charge is 2.14. The minimum Gasteiger partial charge on any atom is -0.493 e. The molecule has 0 aliphatic rings. The van der Waals surface area contributed by atoms with E-state index >= 15 is 0 Å². The molecule has 2 amide bonds. The number of carbonyl (C=O) groups excluding carboxylic acids is 2. The van der Waals surface area contributed by atoms with Crippen molar-refractivity contribution in [2.24, 2.45) is 0 Å². The average molecular weight is 396 g/mol. The standard InChI is InChI=1S/C18H18F2N2O4S/c1-11-3-6-13(7-4-11)27-10-16(23)21-22-17(24)12-5-8-14(26-18(19)20)15(9-12)25-2/h3-9,18H,10H2,1-2H3,(H,21,23)(H,22,24). The number of halogens is 2. The van der Waals surface area contributed by atoms with E-state index in [0.717, 1.165) is 10.5 Å². The molecule has 0 aliphatic heterocycles. The van der Waals surface area contributed by atoms with Gasteiger partial charge in [-0.1, -0.05) is 17.7 Å². The smallest absolute Gasteiger partial charge is 0.387 e. The van der Waals surface area contributed by atoms with Crippen LogP contribution in [0.15, 0.2) is 47.4 Å². The van der Waals surface area contributed by atoms with Gasteiger partial charge in [0.05, 0.1) is 12.9 Å². The minimum atomic E-state index is -3.01. The lowest BCUT2D eigenvalue weighted by Crippen LogP contribution is -2.42. The Labute approximate surface area is 159 Å². The van der Waals surface area contributed by atoms with Crippen LogP contribution in [0, 0.1) is 6.92 Å². The van der Waals surface area contributed by atoms with Gasteiger partial charge in [0.15, 0.2) is 11.5 Å². The molecule has 0 spiro atoms. The number of benzene rings is 2. The van der Waals surface area contributed by atoms with E-state index in [9.17, 15) is 18.4 Å². The quantitative estimate of drug-likeness (QED) is 0.555. The van der Waals surface area contributed by atoms with Crippen molar-refractivity contribution in [2.75, 3.05) is 12.9 Å². The number of hydrogen-bond donors (Lipinski definition) is 2. The van der Waals surface area contributed by atoms with E-state index in [0.29, 0.717) is 0 Å². The summed E-state index contributed by atoms with van der Waals surface area (Å²) in [5, 5.41) is 0. The Bertz CT molecular complexity index is 800. The summed E-state index contributed by atoms with van der Waals surface area (Å²) in [4.78, 5) is 24.9. The van der Waals surface area contributed by atoms with Gasteiger partial charge in [0.25, 0.3) is 5.91 Å². The van der Waals surface area contributed by atoms with Crippen molar-refractivity contribution in [1.29, 1.82) is 0 Å². The number of hydrogen-bond acceptors (Lipinski definition) is 5. The van der Waals surface area contributed by atoms with Crippen molar-refractivity contribution < 1.29 is 27.8 Å². The fourth-order valence-corrected chi connectivity index (χ4v) is 2.72. The van der Waals surface area contributed by atoms with Crippen molar-refractivity contribution in [3.05, 3.63) is 53.6 Å². The van der Waals surface area contributed by atoms with Gasteiger partial charge in [-0.15, -0.1) is 11.8 Å². The molecule has 0 radical (unpaired) electrons. The molecule has 0 aromatic heterocycles. The summed E-state index contributed by atoms with van der Waals surface area (Å²) in [5.41, 5.74) is 5.79. The summed E-state index contributed by atoms with van der Waals surface area (Å²) in [6.45, 7) is -1.04. The first kappa shape index (κ1) is 20.5. The number of ether oxygens (including phenoxy) is 2. The van der Waals surface area contributed by atoms with Crippen LogP contribution in [-0.2, 0) is 4.79 Å². The zero-order chi connectivity index (χ0) is 19.8. The minimum absolute atomic E-state index is 0.0239. The highest BCUT2D eigenvalue weighted by atomic mass is 32.2. The summed E-state index contributed by atoms with van der Waals surface area (Å²) in [6.07, 6.45) is 0. The van der Waals surface area contributed by atoms with Crippen LogP contribution in [0.4, 0.5) is 8.78 Å². The molecule has 0 unspecified atom stereocenters. The van der Waals surface area contributed by atoms with Crippen LogP contribution in [-0.4, -0.2) is 31.3 Å². The maximum absolute atomic E-state index is 12.3. The molecule has 2 rings (SSSR count). The Morgan fingerprint density at radius 3 is 2.41 bits per heavy atom. The summed E-state index contributed by atoms with van der Waals surface area (Å²) >= 11 is 1.33. The summed E-state index contributed by atoms with van der Waals surface area (Å²) in [5.74, 6) is -1.11. The number of amides is 2. The normalized spacial score (nSPS) is 10.4. The van der Waals surface area contributed by atoms with Crippen LogP contribution < -0.4 is 20.3 Å². The third kappa shape index (κ3) is 6.45. The van der Waals surface area contributed by atoms with E-state index in [-0.39, 0.29) is 22.8 Å². The maximum Gasteiger partial charge on any atom is 0.387 e. The lowest BCUT2D eigenvalue weighted by atomic mass is 10.2. The Morgan fingerprint density at radius 1 is 1.07 bits per heavy atom. The lowest BCUT2D eigenvalue weighted by molar-refractivity contribution is -0.119. The van der Waals surface area contributed by atoms with Crippen molar-refractivity contribution in [3.8, 4) is 11.5 Å². The maximum atomic E-state index is 12.3. The van der Waals surface area contributed by atoms with Crippen LogP contribution in [0.3, 0.4) is 0 Å². The monoisotopic (exact) mass is 396 g/mol. The van der Waals surface area contributed by atoms with Gasteiger partial charge in [0.2, 0.25) is 5.91 Å². The Hall–Kier alpha value is -2.81. The molecule has 0 saturated carbocycles. The fourth-order valence-electron chi connectivity index (χ4n) is 2.02.